The maximum Gasteiger partial charge on any atom is 0.163 e. The molecule has 0 saturated heterocycles. The molecule has 0 bridgehead atoms. The third-order valence-corrected chi connectivity index (χ3v) is 4.45. The molecule has 2 rings (SSSR count). The van der Waals surface area contributed by atoms with Crippen LogP contribution in [-0.4, -0.2) is 17.8 Å². The summed E-state index contributed by atoms with van der Waals surface area (Å²) in [5.74, 6) is 1.93. The highest BCUT2D eigenvalue weighted by Gasteiger charge is 2.15. The predicted molar refractivity (Wildman–Crippen MR) is 79.6 cm³/mol. The van der Waals surface area contributed by atoms with Crippen molar-refractivity contribution in [2.75, 3.05) is 12.0 Å². The van der Waals surface area contributed by atoms with Crippen LogP contribution in [0.5, 0.6) is 0 Å². The van der Waals surface area contributed by atoms with Crippen molar-refractivity contribution in [1.82, 2.24) is 0 Å². The lowest BCUT2D eigenvalue weighted by Gasteiger charge is -2.22. The number of benzene rings is 1. The predicted octanol–water partition coefficient (Wildman–Crippen LogP) is 4.67. The van der Waals surface area contributed by atoms with Gasteiger partial charge in [0.1, 0.15) is 0 Å². The molecule has 98 valence electrons. The Kier molecular flexibility index (Phi) is 5.30. The minimum absolute atomic E-state index is 0.277. The second kappa shape index (κ2) is 6.98. The van der Waals surface area contributed by atoms with Gasteiger partial charge in [-0.15, -0.1) is 0 Å². The molecule has 0 N–H and O–H groups in total. The van der Waals surface area contributed by atoms with Gasteiger partial charge in [-0.2, -0.15) is 11.8 Å². The van der Waals surface area contributed by atoms with Crippen molar-refractivity contribution in [3.8, 4) is 0 Å². The smallest absolute Gasteiger partial charge is 0.163 e. The molecule has 0 unspecified atom stereocenters. The van der Waals surface area contributed by atoms with Crippen LogP contribution in [0, 0.1) is 0 Å². The van der Waals surface area contributed by atoms with E-state index in [9.17, 15) is 4.79 Å². The largest absolute Gasteiger partial charge is 0.294 e. The summed E-state index contributed by atoms with van der Waals surface area (Å²) in [6.45, 7) is 0. The van der Waals surface area contributed by atoms with Crippen molar-refractivity contribution in [1.29, 1.82) is 0 Å². The molecule has 1 aromatic rings. The van der Waals surface area contributed by atoms with Gasteiger partial charge in [0.25, 0.3) is 0 Å². The van der Waals surface area contributed by atoms with Gasteiger partial charge in [0, 0.05) is 17.7 Å². The van der Waals surface area contributed by atoms with Crippen LogP contribution in [0.2, 0.25) is 0 Å². The third-order valence-electron chi connectivity index (χ3n) is 3.84. The van der Waals surface area contributed by atoms with Gasteiger partial charge in [0.05, 0.1) is 0 Å². The van der Waals surface area contributed by atoms with Crippen LogP contribution in [0.3, 0.4) is 0 Å². The van der Waals surface area contributed by atoms with Crippen molar-refractivity contribution in [2.24, 2.45) is 0 Å². The lowest BCUT2D eigenvalue weighted by Crippen LogP contribution is -2.05. The summed E-state index contributed by atoms with van der Waals surface area (Å²) in [5, 5.41) is 0. The average Bonchev–Trinajstić information content (AvgIpc) is 2.46. The summed E-state index contributed by atoms with van der Waals surface area (Å²) in [4.78, 5) is 11.9. The normalized spacial score (nSPS) is 16.7. The van der Waals surface area contributed by atoms with Crippen molar-refractivity contribution in [3.63, 3.8) is 0 Å². The van der Waals surface area contributed by atoms with E-state index >= 15 is 0 Å². The summed E-state index contributed by atoms with van der Waals surface area (Å²) < 4.78 is 0. The zero-order chi connectivity index (χ0) is 12.8. The van der Waals surface area contributed by atoms with E-state index in [1.165, 1.54) is 37.7 Å². The Morgan fingerprint density at radius 1 is 1.17 bits per heavy atom. The zero-order valence-corrected chi connectivity index (χ0v) is 12.0. The molecule has 1 nitrogen and oxygen atoms in total. The molecule has 0 radical (unpaired) electrons. The van der Waals surface area contributed by atoms with Crippen LogP contribution in [-0.2, 0) is 0 Å². The standard InChI is InChI=1S/C16H22OS/c1-18-12-11-16(17)15-9-7-14(8-10-15)13-5-3-2-4-6-13/h7-10,13H,2-6,11-12H2,1H3. The lowest BCUT2D eigenvalue weighted by atomic mass is 9.84. The number of carbonyl (C=O) groups is 1. The second-order valence-electron chi connectivity index (χ2n) is 5.12. The van der Waals surface area contributed by atoms with Crippen LogP contribution in [0.15, 0.2) is 24.3 Å². The summed E-state index contributed by atoms with van der Waals surface area (Å²) in [6, 6.07) is 8.38. The number of rotatable bonds is 5. The molecule has 1 aliphatic rings. The number of Topliss-reactive ketones (excluding diaryl/α,β-unsaturated/α-hetero) is 1. The van der Waals surface area contributed by atoms with E-state index in [1.54, 1.807) is 11.8 Å². The molecule has 0 amide bonds. The fourth-order valence-electron chi connectivity index (χ4n) is 2.72. The van der Waals surface area contributed by atoms with Crippen LogP contribution in [0.4, 0.5) is 0 Å². The Morgan fingerprint density at radius 3 is 2.44 bits per heavy atom. The molecule has 1 aromatic carbocycles. The first kappa shape index (κ1) is 13.7. The van der Waals surface area contributed by atoms with Crippen LogP contribution in [0.1, 0.15) is 60.4 Å². The highest BCUT2D eigenvalue weighted by atomic mass is 32.2. The van der Waals surface area contributed by atoms with E-state index < -0.39 is 0 Å². The Morgan fingerprint density at radius 2 is 1.83 bits per heavy atom. The molecular formula is C16H22OS. The highest BCUT2D eigenvalue weighted by molar-refractivity contribution is 7.98. The summed E-state index contributed by atoms with van der Waals surface area (Å²) >= 11 is 1.73. The fourth-order valence-corrected chi connectivity index (χ4v) is 3.11. The third kappa shape index (κ3) is 3.61. The Bertz CT molecular complexity index is 377. The molecule has 0 heterocycles. The van der Waals surface area contributed by atoms with E-state index in [0.29, 0.717) is 6.42 Å². The topological polar surface area (TPSA) is 17.1 Å². The van der Waals surface area contributed by atoms with Crippen molar-refractivity contribution >= 4 is 17.5 Å². The second-order valence-corrected chi connectivity index (χ2v) is 6.11. The van der Waals surface area contributed by atoms with Crippen LogP contribution in [0.25, 0.3) is 0 Å². The summed E-state index contributed by atoms with van der Waals surface area (Å²) in [5.41, 5.74) is 2.31. The molecule has 1 saturated carbocycles. The van der Waals surface area contributed by atoms with Gasteiger partial charge in [-0.3, -0.25) is 4.79 Å². The Balaban J connectivity index is 1.98. The summed E-state index contributed by atoms with van der Waals surface area (Å²) in [6.07, 6.45) is 9.45. The molecule has 18 heavy (non-hydrogen) atoms. The van der Waals surface area contributed by atoms with Gasteiger partial charge in [0.2, 0.25) is 0 Å². The number of thioether (sulfide) groups is 1. The van der Waals surface area contributed by atoms with Gasteiger partial charge in [0.15, 0.2) is 5.78 Å². The Labute approximate surface area is 114 Å². The van der Waals surface area contributed by atoms with E-state index in [4.69, 9.17) is 0 Å². The minimum atomic E-state index is 0.277. The zero-order valence-electron chi connectivity index (χ0n) is 11.2. The quantitative estimate of drug-likeness (QED) is 0.717. The number of hydrogen-bond donors (Lipinski definition) is 0. The van der Waals surface area contributed by atoms with E-state index in [0.717, 1.165) is 17.2 Å². The number of ketones is 1. The molecule has 2 heteroatoms. The number of carbonyl (C=O) groups excluding carboxylic acids is 1. The number of hydrogen-bond acceptors (Lipinski definition) is 2. The minimum Gasteiger partial charge on any atom is -0.294 e. The average molecular weight is 262 g/mol. The first-order valence-electron chi connectivity index (χ1n) is 6.93. The molecule has 0 spiro atoms. The maximum absolute atomic E-state index is 11.9. The van der Waals surface area contributed by atoms with Crippen LogP contribution < -0.4 is 0 Å². The van der Waals surface area contributed by atoms with Gasteiger partial charge < -0.3 is 0 Å². The van der Waals surface area contributed by atoms with E-state index in [1.807, 2.05) is 18.4 Å². The van der Waals surface area contributed by atoms with Gasteiger partial charge in [-0.25, -0.2) is 0 Å². The first-order chi connectivity index (χ1) is 8.81. The van der Waals surface area contributed by atoms with E-state index in [-0.39, 0.29) is 5.78 Å². The van der Waals surface area contributed by atoms with Gasteiger partial charge in [-0.05, 0) is 30.6 Å². The van der Waals surface area contributed by atoms with E-state index in [2.05, 4.69) is 12.1 Å². The molecule has 0 aromatic heterocycles. The Hall–Kier alpha value is -0.760. The maximum atomic E-state index is 11.9. The fraction of sp³-hybridized carbons (Fsp3) is 0.562. The molecule has 0 atom stereocenters. The molecule has 1 aliphatic carbocycles. The SMILES string of the molecule is CSCCC(=O)c1ccc(C2CCCCC2)cc1. The monoisotopic (exact) mass is 262 g/mol. The van der Waals surface area contributed by atoms with Crippen molar-refractivity contribution in [2.45, 2.75) is 44.4 Å². The van der Waals surface area contributed by atoms with Crippen LogP contribution >= 0.6 is 11.8 Å². The van der Waals surface area contributed by atoms with Crippen molar-refractivity contribution in [3.05, 3.63) is 35.4 Å². The molecular weight excluding hydrogens is 240 g/mol. The van der Waals surface area contributed by atoms with Crippen molar-refractivity contribution < 1.29 is 4.79 Å². The van der Waals surface area contributed by atoms with Gasteiger partial charge in [-0.1, -0.05) is 43.5 Å². The van der Waals surface area contributed by atoms with Gasteiger partial charge >= 0.3 is 0 Å². The molecule has 0 aliphatic heterocycles. The highest BCUT2D eigenvalue weighted by Crippen LogP contribution is 2.32. The summed E-state index contributed by atoms with van der Waals surface area (Å²) in [7, 11) is 0. The first-order valence-corrected chi connectivity index (χ1v) is 8.32. The lowest BCUT2D eigenvalue weighted by molar-refractivity contribution is 0.0989. The molecule has 1 fully saturated rings.